The zero-order valence-electron chi connectivity index (χ0n) is 10.9. The van der Waals surface area contributed by atoms with Crippen molar-refractivity contribution in [1.82, 2.24) is 5.32 Å². The summed E-state index contributed by atoms with van der Waals surface area (Å²) in [6.07, 6.45) is 3.04. The van der Waals surface area contributed by atoms with E-state index in [-0.39, 0.29) is 18.2 Å². The second-order valence-electron chi connectivity index (χ2n) is 4.96. The van der Waals surface area contributed by atoms with Crippen LogP contribution in [0.15, 0.2) is 23.0 Å². The number of carboxylic acid groups (broad SMARTS) is 1. The van der Waals surface area contributed by atoms with Gasteiger partial charge in [0.25, 0.3) is 0 Å². The van der Waals surface area contributed by atoms with Crippen molar-refractivity contribution < 1.29 is 19.1 Å². The molecule has 0 bridgehead atoms. The lowest BCUT2D eigenvalue weighted by Crippen LogP contribution is -2.39. The van der Waals surface area contributed by atoms with Crippen molar-refractivity contribution in [2.75, 3.05) is 0 Å². The molecule has 0 spiro atoms. The van der Waals surface area contributed by atoms with Crippen LogP contribution in [0.1, 0.15) is 32.8 Å². The van der Waals surface area contributed by atoms with Crippen molar-refractivity contribution >= 4 is 11.9 Å². The van der Waals surface area contributed by atoms with Gasteiger partial charge in [-0.15, -0.1) is 0 Å². The number of carboxylic acids is 1. The van der Waals surface area contributed by atoms with Crippen molar-refractivity contribution in [3.8, 4) is 0 Å². The molecule has 2 N–H and O–H groups in total. The summed E-state index contributed by atoms with van der Waals surface area (Å²) < 4.78 is 4.88. The van der Waals surface area contributed by atoms with Crippen LogP contribution in [0.2, 0.25) is 0 Å². The van der Waals surface area contributed by atoms with Gasteiger partial charge in [0.15, 0.2) is 0 Å². The predicted octanol–water partition coefficient (Wildman–Crippen LogP) is 2.03. The Hall–Kier alpha value is -1.78. The van der Waals surface area contributed by atoms with E-state index in [4.69, 9.17) is 4.42 Å². The van der Waals surface area contributed by atoms with E-state index < -0.39 is 11.4 Å². The maximum atomic E-state index is 11.8. The zero-order valence-corrected chi connectivity index (χ0v) is 10.9. The van der Waals surface area contributed by atoms with Crippen LogP contribution in [-0.2, 0) is 16.1 Å². The largest absolute Gasteiger partial charge is 0.481 e. The Kier molecular flexibility index (Phi) is 4.53. The van der Waals surface area contributed by atoms with E-state index in [0.717, 1.165) is 5.56 Å². The highest BCUT2D eigenvalue weighted by Crippen LogP contribution is 2.31. The minimum absolute atomic E-state index is 0.0299. The number of hydrogen-bond acceptors (Lipinski definition) is 3. The topological polar surface area (TPSA) is 79.5 Å². The Morgan fingerprint density at radius 2 is 2.17 bits per heavy atom. The fourth-order valence-electron chi connectivity index (χ4n) is 1.52. The predicted molar refractivity (Wildman–Crippen MR) is 65.8 cm³/mol. The van der Waals surface area contributed by atoms with E-state index in [0.29, 0.717) is 6.54 Å². The van der Waals surface area contributed by atoms with Gasteiger partial charge in [-0.3, -0.25) is 9.59 Å². The van der Waals surface area contributed by atoms with Crippen molar-refractivity contribution in [3.63, 3.8) is 0 Å². The summed E-state index contributed by atoms with van der Waals surface area (Å²) in [5.74, 6) is -1.33. The second-order valence-corrected chi connectivity index (χ2v) is 4.96. The molecule has 1 amide bonds. The Morgan fingerprint density at radius 3 is 2.61 bits per heavy atom. The molecule has 1 heterocycles. The molecule has 18 heavy (non-hydrogen) atoms. The normalized spacial score (nSPS) is 14.2. The summed E-state index contributed by atoms with van der Waals surface area (Å²) in [7, 11) is 0. The third kappa shape index (κ3) is 3.35. The van der Waals surface area contributed by atoms with E-state index in [2.05, 4.69) is 5.32 Å². The smallest absolute Gasteiger partial charge is 0.310 e. The summed E-state index contributed by atoms with van der Waals surface area (Å²) in [6.45, 7) is 5.55. The number of furan rings is 1. The molecule has 1 aromatic heterocycles. The first-order valence-electron chi connectivity index (χ1n) is 5.87. The van der Waals surface area contributed by atoms with Gasteiger partial charge in [-0.25, -0.2) is 0 Å². The molecule has 0 saturated carbocycles. The van der Waals surface area contributed by atoms with E-state index in [1.807, 2.05) is 0 Å². The molecule has 0 aliphatic carbocycles. The van der Waals surface area contributed by atoms with Crippen LogP contribution in [0.25, 0.3) is 0 Å². The Labute approximate surface area is 106 Å². The minimum Gasteiger partial charge on any atom is -0.481 e. The number of amides is 1. The molecule has 1 atom stereocenters. The number of rotatable bonds is 6. The van der Waals surface area contributed by atoms with Crippen LogP contribution in [0.5, 0.6) is 0 Å². The maximum Gasteiger partial charge on any atom is 0.310 e. The summed E-state index contributed by atoms with van der Waals surface area (Å²) in [5, 5.41) is 11.9. The lowest BCUT2D eigenvalue weighted by Gasteiger charge is -2.28. The van der Waals surface area contributed by atoms with Gasteiger partial charge in [0.2, 0.25) is 5.91 Å². The highest BCUT2D eigenvalue weighted by molar-refractivity contribution is 5.84. The molecule has 5 heteroatoms. The third-order valence-corrected chi connectivity index (χ3v) is 3.36. The van der Waals surface area contributed by atoms with Crippen molar-refractivity contribution in [3.05, 3.63) is 24.2 Å². The highest BCUT2D eigenvalue weighted by atomic mass is 16.4. The molecular formula is C13H19NO4. The summed E-state index contributed by atoms with van der Waals surface area (Å²) in [4.78, 5) is 23.0. The number of carbonyl (C=O) groups excluding carboxylic acids is 1. The van der Waals surface area contributed by atoms with E-state index in [1.165, 1.54) is 6.26 Å². The standard InChI is InChI=1S/C13H19NO4/c1-9(2)13(3,12(16)17)6-11(15)14-7-10-4-5-18-8-10/h4-5,8-9H,6-7H2,1-3H3,(H,14,15)(H,16,17). The molecule has 1 aromatic rings. The monoisotopic (exact) mass is 253 g/mol. The average Bonchev–Trinajstić information content (AvgIpc) is 2.78. The van der Waals surface area contributed by atoms with Gasteiger partial charge in [-0.05, 0) is 18.9 Å². The Balaban J connectivity index is 2.55. The number of carbonyl (C=O) groups is 2. The maximum absolute atomic E-state index is 11.8. The van der Waals surface area contributed by atoms with Crippen LogP contribution < -0.4 is 5.32 Å². The van der Waals surface area contributed by atoms with Gasteiger partial charge in [-0.1, -0.05) is 13.8 Å². The third-order valence-electron chi connectivity index (χ3n) is 3.36. The van der Waals surface area contributed by atoms with Gasteiger partial charge >= 0.3 is 5.97 Å². The average molecular weight is 253 g/mol. The van der Waals surface area contributed by atoms with Gasteiger partial charge in [-0.2, -0.15) is 0 Å². The van der Waals surface area contributed by atoms with Crippen LogP contribution >= 0.6 is 0 Å². The van der Waals surface area contributed by atoms with Crippen molar-refractivity contribution in [2.24, 2.45) is 11.3 Å². The molecule has 0 aliphatic rings. The fourth-order valence-corrected chi connectivity index (χ4v) is 1.52. The molecule has 0 saturated heterocycles. The first kappa shape index (κ1) is 14.3. The summed E-state index contributed by atoms with van der Waals surface area (Å²) >= 11 is 0. The van der Waals surface area contributed by atoms with Crippen LogP contribution in [0, 0.1) is 11.3 Å². The summed E-state index contributed by atoms with van der Waals surface area (Å²) in [6, 6.07) is 1.75. The van der Waals surface area contributed by atoms with Crippen molar-refractivity contribution in [1.29, 1.82) is 0 Å². The molecule has 0 aromatic carbocycles. The second kappa shape index (κ2) is 5.71. The molecule has 0 aliphatic heterocycles. The van der Waals surface area contributed by atoms with E-state index in [9.17, 15) is 14.7 Å². The molecule has 1 unspecified atom stereocenters. The number of aliphatic carboxylic acids is 1. The highest BCUT2D eigenvalue weighted by Gasteiger charge is 2.38. The Bertz CT molecular complexity index is 411. The molecule has 1 rings (SSSR count). The summed E-state index contributed by atoms with van der Waals surface area (Å²) in [5.41, 5.74) is -0.189. The Morgan fingerprint density at radius 1 is 1.50 bits per heavy atom. The van der Waals surface area contributed by atoms with Gasteiger partial charge in [0.05, 0.1) is 17.9 Å². The van der Waals surface area contributed by atoms with Gasteiger partial charge in [0.1, 0.15) is 0 Å². The van der Waals surface area contributed by atoms with Gasteiger partial charge in [0, 0.05) is 18.5 Å². The molecular weight excluding hydrogens is 234 g/mol. The lowest BCUT2D eigenvalue weighted by molar-refractivity contribution is -0.153. The van der Waals surface area contributed by atoms with Crippen molar-refractivity contribution in [2.45, 2.75) is 33.7 Å². The minimum atomic E-state index is -1.04. The van der Waals surface area contributed by atoms with Gasteiger partial charge < -0.3 is 14.8 Å². The van der Waals surface area contributed by atoms with E-state index in [1.54, 1.807) is 33.1 Å². The van der Waals surface area contributed by atoms with Crippen LogP contribution in [-0.4, -0.2) is 17.0 Å². The van der Waals surface area contributed by atoms with Crippen LogP contribution in [0.4, 0.5) is 0 Å². The molecule has 0 fully saturated rings. The SMILES string of the molecule is CC(C)C(C)(CC(=O)NCc1ccoc1)C(=O)O. The zero-order chi connectivity index (χ0) is 13.8. The molecule has 0 radical (unpaired) electrons. The molecule has 5 nitrogen and oxygen atoms in total. The quantitative estimate of drug-likeness (QED) is 0.813. The molecule has 100 valence electrons. The van der Waals surface area contributed by atoms with Crippen LogP contribution in [0.3, 0.4) is 0 Å². The first-order chi connectivity index (χ1) is 8.36. The number of nitrogens with one attached hydrogen (secondary N) is 1. The first-order valence-corrected chi connectivity index (χ1v) is 5.87. The van der Waals surface area contributed by atoms with E-state index >= 15 is 0 Å². The number of hydrogen-bond donors (Lipinski definition) is 2. The fraction of sp³-hybridized carbons (Fsp3) is 0.538. The lowest BCUT2D eigenvalue weighted by atomic mass is 9.76.